The van der Waals surface area contributed by atoms with Gasteiger partial charge in [0.25, 0.3) is 5.91 Å². The minimum absolute atomic E-state index is 0.263. The summed E-state index contributed by atoms with van der Waals surface area (Å²) in [5, 5.41) is 2.84. The first-order valence-corrected chi connectivity index (χ1v) is 10.3. The van der Waals surface area contributed by atoms with E-state index in [2.05, 4.69) is 16.4 Å². The largest absolute Gasteiger partial charge is 0.329 e. The maximum absolute atomic E-state index is 12.9. The van der Waals surface area contributed by atoms with E-state index in [1.165, 1.54) is 6.20 Å². The zero-order valence-electron chi connectivity index (χ0n) is 17.4. The van der Waals surface area contributed by atoms with Crippen LogP contribution in [-0.2, 0) is 4.79 Å². The topological polar surface area (TPSA) is 82.6 Å². The van der Waals surface area contributed by atoms with Crippen LogP contribution >= 0.6 is 0 Å². The molecule has 1 aromatic heterocycles. The normalized spacial score (nSPS) is 17.9. The number of aromatic nitrogens is 1. The van der Waals surface area contributed by atoms with Crippen LogP contribution in [0.5, 0.6) is 0 Å². The van der Waals surface area contributed by atoms with Crippen LogP contribution in [0.4, 0.5) is 16.3 Å². The molecular formula is C23H26N4O3. The molecule has 2 fully saturated rings. The first-order valence-electron chi connectivity index (χ1n) is 10.3. The Morgan fingerprint density at radius 3 is 2.60 bits per heavy atom. The van der Waals surface area contributed by atoms with Gasteiger partial charge in [-0.05, 0) is 49.6 Å². The van der Waals surface area contributed by atoms with Crippen LogP contribution in [0.25, 0.3) is 0 Å². The van der Waals surface area contributed by atoms with E-state index in [0.29, 0.717) is 24.2 Å². The molecule has 1 spiro atoms. The van der Waals surface area contributed by atoms with Crippen molar-refractivity contribution in [2.45, 2.75) is 44.6 Å². The molecule has 7 heteroatoms. The lowest BCUT2D eigenvalue weighted by Crippen LogP contribution is -2.48. The molecular weight excluding hydrogens is 380 g/mol. The number of hydrogen-bond acceptors (Lipinski definition) is 5. The van der Waals surface area contributed by atoms with E-state index < -0.39 is 11.6 Å². The fourth-order valence-corrected chi connectivity index (χ4v) is 4.27. The molecule has 2 aliphatic rings. The Kier molecular flexibility index (Phi) is 5.28. The molecule has 156 valence electrons. The van der Waals surface area contributed by atoms with Crippen LogP contribution in [0.3, 0.4) is 0 Å². The summed E-state index contributed by atoms with van der Waals surface area (Å²) < 4.78 is 0. The summed E-state index contributed by atoms with van der Waals surface area (Å²) >= 11 is 0. The van der Waals surface area contributed by atoms with Crippen LogP contribution in [0.15, 0.2) is 42.6 Å². The molecule has 1 N–H and O–H groups in total. The van der Waals surface area contributed by atoms with E-state index in [1.807, 2.05) is 37.1 Å². The molecule has 1 aromatic carbocycles. The van der Waals surface area contributed by atoms with E-state index in [1.54, 1.807) is 12.1 Å². The van der Waals surface area contributed by atoms with Crippen molar-refractivity contribution in [1.82, 2.24) is 15.2 Å². The lowest BCUT2D eigenvalue weighted by molar-refractivity contribution is -0.132. The van der Waals surface area contributed by atoms with E-state index >= 15 is 0 Å². The van der Waals surface area contributed by atoms with Crippen LogP contribution in [-0.4, -0.2) is 46.7 Å². The number of ketones is 1. The summed E-state index contributed by atoms with van der Waals surface area (Å²) in [5.41, 5.74) is 1.71. The monoisotopic (exact) mass is 406 g/mol. The second-order valence-electron chi connectivity index (χ2n) is 8.19. The number of hydrogen-bond donors (Lipinski definition) is 1. The van der Waals surface area contributed by atoms with E-state index in [4.69, 9.17) is 0 Å². The SMILES string of the molecule is Cc1cccc(N(C)c2ccc(C(=O)CN3C(=O)NC4(CCCCC4)C3=O)cn2)c1. The molecule has 3 amide bonds. The minimum atomic E-state index is -0.811. The van der Waals surface area contributed by atoms with Crippen molar-refractivity contribution in [3.05, 3.63) is 53.7 Å². The highest BCUT2D eigenvalue weighted by Crippen LogP contribution is 2.33. The molecule has 7 nitrogen and oxygen atoms in total. The van der Waals surface area contributed by atoms with Gasteiger partial charge >= 0.3 is 6.03 Å². The fourth-order valence-electron chi connectivity index (χ4n) is 4.27. The molecule has 4 rings (SSSR count). The minimum Gasteiger partial charge on any atom is -0.329 e. The number of amides is 3. The predicted molar refractivity (Wildman–Crippen MR) is 114 cm³/mol. The number of imide groups is 1. The van der Waals surface area contributed by atoms with Crippen molar-refractivity contribution >= 4 is 29.2 Å². The Labute approximate surface area is 176 Å². The molecule has 30 heavy (non-hydrogen) atoms. The van der Waals surface area contributed by atoms with Gasteiger partial charge in [0.2, 0.25) is 0 Å². The molecule has 1 aliphatic carbocycles. The number of nitrogens with one attached hydrogen (secondary N) is 1. The van der Waals surface area contributed by atoms with E-state index in [0.717, 1.165) is 35.4 Å². The number of rotatable bonds is 5. The average molecular weight is 406 g/mol. The summed E-state index contributed by atoms with van der Waals surface area (Å²) in [5.74, 6) is 0.126. The maximum atomic E-state index is 12.9. The van der Waals surface area contributed by atoms with Crippen molar-refractivity contribution in [3.8, 4) is 0 Å². The molecule has 0 unspecified atom stereocenters. The van der Waals surface area contributed by atoms with Gasteiger partial charge in [-0.15, -0.1) is 0 Å². The van der Waals surface area contributed by atoms with Gasteiger partial charge in [-0.25, -0.2) is 9.78 Å². The Morgan fingerprint density at radius 1 is 1.17 bits per heavy atom. The summed E-state index contributed by atoms with van der Waals surface area (Å²) in [6.45, 7) is 1.76. The number of carbonyl (C=O) groups is 3. The number of benzene rings is 1. The lowest BCUT2D eigenvalue weighted by atomic mass is 9.82. The predicted octanol–water partition coefficient (Wildman–Crippen LogP) is 3.60. The Balaban J connectivity index is 1.45. The molecule has 1 aliphatic heterocycles. The number of nitrogens with zero attached hydrogens (tertiary/aromatic N) is 3. The van der Waals surface area contributed by atoms with Crippen molar-refractivity contribution in [2.75, 3.05) is 18.5 Å². The van der Waals surface area contributed by atoms with Crippen molar-refractivity contribution < 1.29 is 14.4 Å². The summed E-state index contributed by atoms with van der Waals surface area (Å²) in [6.07, 6.45) is 5.67. The fraction of sp³-hybridized carbons (Fsp3) is 0.391. The van der Waals surface area contributed by atoms with Crippen LogP contribution in [0, 0.1) is 6.92 Å². The maximum Gasteiger partial charge on any atom is 0.325 e. The number of anilines is 2. The molecule has 2 aromatic rings. The highest BCUT2D eigenvalue weighted by atomic mass is 16.2. The summed E-state index contributed by atoms with van der Waals surface area (Å²) in [4.78, 5) is 45.4. The molecule has 0 atom stereocenters. The van der Waals surface area contributed by atoms with Crippen LogP contribution in [0.2, 0.25) is 0 Å². The lowest BCUT2D eigenvalue weighted by Gasteiger charge is -2.30. The Hall–Kier alpha value is -3.22. The van der Waals surface area contributed by atoms with Crippen molar-refractivity contribution in [2.24, 2.45) is 0 Å². The van der Waals surface area contributed by atoms with Gasteiger partial charge in [0, 0.05) is 24.5 Å². The van der Waals surface area contributed by atoms with E-state index in [-0.39, 0.29) is 18.2 Å². The molecule has 2 heterocycles. The van der Waals surface area contributed by atoms with Crippen LogP contribution < -0.4 is 10.2 Å². The number of pyridine rings is 1. The summed E-state index contributed by atoms with van der Waals surface area (Å²) in [7, 11) is 1.91. The third kappa shape index (κ3) is 3.67. The number of Topliss-reactive ketones (excluding diaryl/α,β-unsaturated/α-hetero) is 1. The smallest absolute Gasteiger partial charge is 0.325 e. The van der Waals surface area contributed by atoms with Gasteiger partial charge in [0.05, 0.1) is 6.54 Å². The average Bonchev–Trinajstić information content (AvgIpc) is 2.97. The van der Waals surface area contributed by atoms with Gasteiger partial charge in [-0.3, -0.25) is 14.5 Å². The van der Waals surface area contributed by atoms with Crippen molar-refractivity contribution in [1.29, 1.82) is 0 Å². The Bertz CT molecular complexity index is 980. The van der Waals surface area contributed by atoms with Gasteiger partial charge < -0.3 is 10.2 Å². The standard InChI is InChI=1S/C23H26N4O3/c1-16-7-6-8-18(13-16)26(2)20-10-9-17(14-24-20)19(28)15-27-21(29)23(25-22(27)30)11-4-3-5-12-23/h6-10,13-14H,3-5,11-12,15H2,1-2H3,(H,25,30). The van der Waals surface area contributed by atoms with E-state index in [9.17, 15) is 14.4 Å². The van der Waals surface area contributed by atoms with Crippen molar-refractivity contribution in [3.63, 3.8) is 0 Å². The number of aryl methyl sites for hydroxylation is 1. The molecule has 0 bridgehead atoms. The molecule has 0 radical (unpaired) electrons. The van der Waals surface area contributed by atoms with Gasteiger partial charge in [-0.1, -0.05) is 31.4 Å². The highest BCUT2D eigenvalue weighted by Gasteiger charge is 2.51. The third-order valence-corrected chi connectivity index (χ3v) is 6.06. The zero-order chi connectivity index (χ0) is 21.3. The number of urea groups is 1. The van der Waals surface area contributed by atoms with Crippen LogP contribution in [0.1, 0.15) is 48.0 Å². The highest BCUT2D eigenvalue weighted by molar-refractivity contribution is 6.11. The first kappa shape index (κ1) is 20.1. The second-order valence-corrected chi connectivity index (χ2v) is 8.19. The summed E-state index contributed by atoms with van der Waals surface area (Å²) in [6, 6.07) is 11.0. The number of carbonyl (C=O) groups excluding carboxylic acids is 3. The Morgan fingerprint density at radius 2 is 1.93 bits per heavy atom. The van der Waals surface area contributed by atoms with Gasteiger partial charge in [0.1, 0.15) is 11.4 Å². The first-order chi connectivity index (χ1) is 14.4. The molecule has 1 saturated carbocycles. The van der Waals surface area contributed by atoms with Gasteiger partial charge in [0.15, 0.2) is 5.78 Å². The third-order valence-electron chi connectivity index (χ3n) is 6.06. The second kappa shape index (κ2) is 7.89. The quantitative estimate of drug-likeness (QED) is 0.606. The zero-order valence-corrected chi connectivity index (χ0v) is 17.4. The molecule has 1 saturated heterocycles. The van der Waals surface area contributed by atoms with Gasteiger partial charge in [-0.2, -0.15) is 0 Å².